The van der Waals surface area contributed by atoms with Crippen LogP contribution in [0.2, 0.25) is 0 Å². The van der Waals surface area contributed by atoms with Gasteiger partial charge in [0.15, 0.2) is 5.96 Å². The van der Waals surface area contributed by atoms with Gasteiger partial charge in [0.1, 0.15) is 12.4 Å². The Morgan fingerprint density at radius 2 is 1.85 bits per heavy atom. The third kappa shape index (κ3) is 8.51. The molecule has 0 unspecified atom stereocenters. The molecular formula is C20H29IN4O. The standard InChI is InChI=1S/C20H28N4O.HI/c1-5-21-19(24-20(2,3)4)23-14-16-9-11-18(12-10-16)25-15-17-8-6-7-13-22-17;/h6-13H,5,14-15H2,1-4H3,(H2,21,23,24);1H. The van der Waals surface area contributed by atoms with E-state index in [1.807, 2.05) is 42.5 Å². The molecule has 2 aromatic rings. The highest BCUT2D eigenvalue weighted by Crippen LogP contribution is 2.14. The Labute approximate surface area is 173 Å². The summed E-state index contributed by atoms with van der Waals surface area (Å²) in [6.07, 6.45) is 1.77. The van der Waals surface area contributed by atoms with Gasteiger partial charge >= 0.3 is 0 Å². The average Bonchev–Trinajstić information content (AvgIpc) is 2.59. The minimum Gasteiger partial charge on any atom is -0.487 e. The van der Waals surface area contributed by atoms with Gasteiger partial charge < -0.3 is 15.4 Å². The van der Waals surface area contributed by atoms with E-state index in [-0.39, 0.29) is 29.5 Å². The first kappa shape index (κ1) is 22.2. The van der Waals surface area contributed by atoms with Crippen LogP contribution in [0.4, 0.5) is 0 Å². The molecule has 0 aliphatic carbocycles. The van der Waals surface area contributed by atoms with Gasteiger partial charge in [0, 0.05) is 18.3 Å². The largest absolute Gasteiger partial charge is 0.487 e. The van der Waals surface area contributed by atoms with Crippen molar-refractivity contribution in [2.75, 3.05) is 6.54 Å². The number of guanidine groups is 1. The zero-order valence-corrected chi connectivity index (χ0v) is 18.3. The molecule has 0 fully saturated rings. The van der Waals surface area contributed by atoms with Crippen molar-refractivity contribution in [1.82, 2.24) is 15.6 Å². The van der Waals surface area contributed by atoms with Gasteiger partial charge in [0.2, 0.25) is 0 Å². The molecule has 0 saturated carbocycles. The molecule has 142 valence electrons. The second kappa shape index (κ2) is 11.0. The number of hydrogen-bond donors (Lipinski definition) is 2. The molecular weight excluding hydrogens is 439 g/mol. The Morgan fingerprint density at radius 1 is 1.12 bits per heavy atom. The van der Waals surface area contributed by atoms with Crippen LogP contribution in [0.15, 0.2) is 53.7 Å². The van der Waals surface area contributed by atoms with E-state index in [0.29, 0.717) is 13.2 Å². The number of aliphatic imine (C=N–C) groups is 1. The van der Waals surface area contributed by atoms with Crippen LogP contribution in [0.5, 0.6) is 5.75 Å². The molecule has 0 amide bonds. The summed E-state index contributed by atoms with van der Waals surface area (Å²) in [5.41, 5.74) is 2.03. The number of pyridine rings is 1. The number of ether oxygens (including phenoxy) is 1. The first-order valence-corrected chi connectivity index (χ1v) is 8.64. The number of nitrogens with one attached hydrogen (secondary N) is 2. The monoisotopic (exact) mass is 468 g/mol. The Balaban J connectivity index is 0.00000338. The number of rotatable bonds is 6. The van der Waals surface area contributed by atoms with Crippen LogP contribution in [0.3, 0.4) is 0 Å². The zero-order valence-electron chi connectivity index (χ0n) is 16.0. The van der Waals surface area contributed by atoms with Crippen molar-refractivity contribution in [1.29, 1.82) is 0 Å². The first-order valence-electron chi connectivity index (χ1n) is 8.64. The Morgan fingerprint density at radius 3 is 2.42 bits per heavy atom. The molecule has 0 aliphatic heterocycles. The third-order valence-corrected chi connectivity index (χ3v) is 3.29. The second-order valence-electron chi connectivity index (χ2n) is 6.82. The summed E-state index contributed by atoms with van der Waals surface area (Å²) in [6.45, 7) is 10.3. The van der Waals surface area contributed by atoms with Crippen LogP contribution in [0.1, 0.15) is 39.0 Å². The van der Waals surface area contributed by atoms with E-state index in [1.54, 1.807) is 6.20 Å². The van der Waals surface area contributed by atoms with E-state index in [4.69, 9.17) is 4.74 Å². The quantitative estimate of drug-likeness (QED) is 0.380. The molecule has 0 aliphatic rings. The summed E-state index contributed by atoms with van der Waals surface area (Å²) in [7, 11) is 0. The normalized spacial score (nSPS) is 11.5. The van der Waals surface area contributed by atoms with Crippen LogP contribution in [0, 0.1) is 0 Å². The molecule has 2 rings (SSSR count). The Bertz CT molecular complexity index is 666. The molecule has 5 nitrogen and oxygen atoms in total. The molecule has 1 aromatic carbocycles. The molecule has 2 N–H and O–H groups in total. The van der Waals surface area contributed by atoms with Crippen LogP contribution in [0.25, 0.3) is 0 Å². The van der Waals surface area contributed by atoms with Gasteiger partial charge in [0.05, 0.1) is 12.2 Å². The maximum Gasteiger partial charge on any atom is 0.191 e. The molecule has 0 radical (unpaired) electrons. The van der Waals surface area contributed by atoms with E-state index in [2.05, 4.69) is 48.3 Å². The maximum atomic E-state index is 5.75. The van der Waals surface area contributed by atoms with Gasteiger partial charge in [0.25, 0.3) is 0 Å². The molecule has 0 saturated heterocycles. The minimum absolute atomic E-state index is 0. The van der Waals surface area contributed by atoms with Crippen molar-refractivity contribution in [3.63, 3.8) is 0 Å². The maximum absolute atomic E-state index is 5.75. The first-order chi connectivity index (χ1) is 12.0. The lowest BCUT2D eigenvalue weighted by molar-refractivity contribution is 0.301. The smallest absolute Gasteiger partial charge is 0.191 e. The van der Waals surface area contributed by atoms with E-state index < -0.39 is 0 Å². The SMILES string of the molecule is CCNC(=NCc1ccc(OCc2ccccn2)cc1)NC(C)(C)C.I. The van der Waals surface area contributed by atoms with Crippen molar-refractivity contribution in [3.05, 3.63) is 59.9 Å². The summed E-state index contributed by atoms with van der Waals surface area (Å²) in [5.74, 6) is 1.66. The van der Waals surface area contributed by atoms with Crippen LogP contribution < -0.4 is 15.4 Å². The molecule has 26 heavy (non-hydrogen) atoms. The Hall–Kier alpha value is -1.83. The zero-order chi connectivity index (χ0) is 18.1. The van der Waals surface area contributed by atoms with Crippen molar-refractivity contribution in [2.24, 2.45) is 4.99 Å². The lowest BCUT2D eigenvalue weighted by atomic mass is 10.1. The predicted octanol–water partition coefficient (Wildman–Crippen LogP) is 4.13. The number of benzene rings is 1. The fourth-order valence-electron chi connectivity index (χ4n) is 2.16. The second-order valence-corrected chi connectivity index (χ2v) is 6.82. The summed E-state index contributed by atoms with van der Waals surface area (Å²) < 4.78 is 5.75. The molecule has 1 heterocycles. The summed E-state index contributed by atoms with van der Waals surface area (Å²) in [6, 6.07) is 13.8. The minimum atomic E-state index is -0.0236. The molecule has 0 bridgehead atoms. The van der Waals surface area contributed by atoms with E-state index in [9.17, 15) is 0 Å². The van der Waals surface area contributed by atoms with E-state index >= 15 is 0 Å². The molecule has 0 spiro atoms. The van der Waals surface area contributed by atoms with Crippen LogP contribution >= 0.6 is 24.0 Å². The van der Waals surface area contributed by atoms with Gasteiger partial charge in [-0.3, -0.25) is 4.98 Å². The van der Waals surface area contributed by atoms with Gasteiger partial charge in [-0.2, -0.15) is 0 Å². The molecule has 6 heteroatoms. The van der Waals surface area contributed by atoms with Gasteiger partial charge in [-0.25, -0.2) is 4.99 Å². The summed E-state index contributed by atoms with van der Waals surface area (Å²) in [4.78, 5) is 8.89. The van der Waals surface area contributed by atoms with E-state index in [0.717, 1.165) is 29.5 Å². The van der Waals surface area contributed by atoms with Crippen LogP contribution in [-0.4, -0.2) is 23.0 Å². The van der Waals surface area contributed by atoms with Crippen molar-refractivity contribution in [3.8, 4) is 5.75 Å². The van der Waals surface area contributed by atoms with Crippen molar-refractivity contribution >= 4 is 29.9 Å². The predicted molar refractivity (Wildman–Crippen MR) is 118 cm³/mol. The molecule has 0 atom stereocenters. The fourth-order valence-corrected chi connectivity index (χ4v) is 2.16. The highest BCUT2D eigenvalue weighted by Gasteiger charge is 2.11. The molecule has 1 aromatic heterocycles. The van der Waals surface area contributed by atoms with E-state index in [1.165, 1.54) is 0 Å². The van der Waals surface area contributed by atoms with Crippen LogP contribution in [-0.2, 0) is 13.2 Å². The third-order valence-electron chi connectivity index (χ3n) is 3.29. The number of nitrogens with zero attached hydrogens (tertiary/aromatic N) is 2. The number of hydrogen-bond acceptors (Lipinski definition) is 3. The highest BCUT2D eigenvalue weighted by atomic mass is 127. The fraction of sp³-hybridized carbons (Fsp3) is 0.400. The lowest BCUT2D eigenvalue weighted by Gasteiger charge is -2.23. The summed E-state index contributed by atoms with van der Waals surface area (Å²) >= 11 is 0. The van der Waals surface area contributed by atoms with Gasteiger partial charge in [-0.15, -0.1) is 24.0 Å². The van der Waals surface area contributed by atoms with Gasteiger partial charge in [-0.05, 0) is 57.5 Å². The Kier molecular flexibility index (Phi) is 9.40. The average molecular weight is 468 g/mol. The van der Waals surface area contributed by atoms with Crippen molar-refractivity contribution < 1.29 is 4.74 Å². The van der Waals surface area contributed by atoms with Gasteiger partial charge in [-0.1, -0.05) is 18.2 Å². The number of halogens is 1. The number of aromatic nitrogens is 1. The highest BCUT2D eigenvalue weighted by molar-refractivity contribution is 14.0. The summed E-state index contributed by atoms with van der Waals surface area (Å²) in [5, 5.41) is 6.65. The van der Waals surface area contributed by atoms with Crippen molar-refractivity contribution in [2.45, 2.75) is 46.4 Å². The lowest BCUT2D eigenvalue weighted by Crippen LogP contribution is -2.47. The topological polar surface area (TPSA) is 58.5 Å².